The summed E-state index contributed by atoms with van der Waals surface area (Å²) in [6.07, 6.45) is 4.44. The second kappa shape index (κ2) is 5.00. The Morgan fingerprint density at radius 2 is 2.13 bits per heavy atom. The molecule has 1 amide bonds. The van der Waals surface area contributed by atoms with Crippen LogP contribution in [-0.2, 0) is 13.0 Å². The van der Waals surface area contributed by atoms with Crippen LogP contribution in [0.1, 0.15) is 40.7 Å². The van der Waals surface area contributed by atoms with Gasteiger partial charge < -0.3 is 5.32 Å². The first-order valence-corrected chi connectivity index (χ1v) is 8.15. The van der Waals surface area contributed by atoms with Gasteiger partial charge in [-0.25, -0.2) is 9.87 Å². The van der Waals surface area contributed by atoms with Gasteiger partial charge in [-0.3, -0.25) is 14.9 Å². The summed E-state index contributed by atoms with van der Waals surface area (Å²) in [6.45, 7) is 2.54. The van der Waals surface area contributed by atoms with Gasteiger partial charge in [0.15, 0.2) is 0 Å². The van der Waals surface area contributed by atoms with Crippen molar-refractivity contribution in [1.29, 1.82) is 0 Å². The van der Waals surface area contributed by atoms with Crippen molar-refractivity contribution < 1.29 is 14.4 Å². The van der Waals surface area contributed by atoms with Crippen LogP contribution in [0.5, 0.6) is 0 Å². The van der Waals surface area contributed by atoms with Crippen LogP contribution < -0.4 is 10.8 Å². The molecule has 6 heteroatoms. The van der Waals surface area contributed by atoms with E-state index in [-0.39, 0.29) is 11.4 Å². The van der Waals surface area contributed by atoms with E-state index in [2.05, 4.69) is 10.2 Å². The van der Waals surface area contributed by atoms with E-state index in [1.807, 2.05) is 7.05 Å². The van der Waals surface area contributed by atoms with Gasteiger partial charge in [0.2, 0.25) is 0 Å². The summed E-state index contributed by atoms with van der Waals surface area (Å²) in [5, 5.41) is 12.1. The molecule has 124 valence electrons. The molecule has 23 heavy (non-hydrogen) atoms. The molecule has 0 unspecified atom stereocenters. The van der Waals surface area contributed by atoms with E-state index >= 15 is 0 Å². The highest BCUT2D eigenvalue weighted by Crippen LogP contribution is 2.67. The van der Waals surface area contributed by atoms with Crippen molar-refractivity contribution in [1.82, 2.24) is 15.7 Å². The van der Waals surface area contributed by atoms with E-state index in [0.717, 1.165) is 25.1 Å². The second-order valence-electron chi connectivity index (χ2n) is 7.56. The number of hydrogen-bond acceptors (Lipinski definition) is 4. The molecule has 3 fully saturated rings. The van der Waals surface area contributed by atoms with Crippen molar-refractivity contribution >= 4 is 5.91 Å². The van der Waals surface area contributed by atoms with Crippen LogP contribution in [0.4, 0.5) is 4.39 Å². The number of nitrogens with zero attached hydrogens (tertiary/aromatic N) is 1. The number of fused-ring (bicyclic) bond motifs is 1. The van der Waals surface area contributed by atoms with Gasteiger partial charge in [-0.2, -0.15) is 0 Å². The molecule has 5 nitrogen and oxygen atoms in total. The lowest BCUT2D eigenvalue weighted by molar-refractivity contribution is -0.165. The maximum Gasteiger partial charge on any atom is 0.274 e. The van der Waals surface area contributed by atoms with Crippen LogP contribution in [0.3, 0.4) is 0 Å². The number of rotatable bonds is 4. The van der Waals surface area contributed by atoms with E-state index in [1.54, 1.807) is 11.5 Å². The maximum absolute atomic E-state index is 14.4. The lowest BCUT2D eigenvalue weighted by Crippen LogP contribution is -2.75. The Labute approximate surface area is 134 Å². The van der Waals surface area contributed by atoms with Crippen LogP contribution in [0, 0.1) is 11.2 Å². The smallest absolute Gasteiger partial charge is 0.274 e. The first-order chi connectivity index (χ1) is 11.0. The first-order valence-electron chi connectivity index (χ1n) is 8.15. The number of hydroxylamine groups is 1. The van der Waals surface area contributed by atoms with Crippen molar-refractivity contribution in [2.75, 3.05) is 20.1 Å². The van der Waals surface area contributed by atoms with Gasteiger partial charge in [0.25, 0.3) is 5.91 Å². The number of carbonyl (C=O) groups is 1. The molecule has 0 spiro atoms. The van der Waals surface area contributed by atoms with Crippen molar-refractivity contribution in [3.8, 4) is 0 Å². The van der Waals surface area contributed by atoms with Gasteiger partial charge in [-0.1, -0.05) is 0 Å². The Balaban J connectivity index is 1.47. The molecule has 1 aromatic rings. The van der Waals surface area contributed by atoms with Crippen molar-refractivity contribution in [2.24, 2.45) is 5.41 Å². The molecule has 1 aliphatic heterocycles. The van der Waals surface area contributed by atoms with E-state index in [0.29, 0.717) is 23.1 Å². The summed E-state index contributed by atoms with van der Waals surface area (Å²) in [4.78, 5) is 13.8. The minimum atomic E-state index is -0.666. The minimum absolute atomic E-state index is 0.174. The third-order valence-corrected chi connectivity index (χ3v) is 5.96. The monoisotopic (exact) mass is 319 g/mol. The van der Waals surface area contributed by atoms with Gasteiger partial charge in [0, 0.05) is 36.3 Å². The molecule has 1 heterocycles. The first kappa shape index (κ1) is 15.1. The molecule has 5 rings (SSSR count). The topological polar surface area (TPSA) is 64.6 Å². The van der Waals surface area contributed by atoms with Gasteiger partial charge >= 0.3 is 0 Å². The van der Waals surface area contributed by atoms with E-state index < -0.39 is 5.91 Å². The molecule has 0 aromatic heterocycles. The molecule has 4 aliphatic rings. The Kier molecular flexibility index (Phi) is 3.27. The zero-order chi connectivity index (χ0) is 16.2. The lowest BCUT2D eigenvalue weighted by atomic mass is 9.39. The van der Waals surface area contributed by atoms with Gasteiger partial charge in [-0.15, -0.1) is 0 Å². The third kappa shape index (κ3) is 2.28. The van der Waals surface area contributed by atoms with E-state index in [4.69, 9.17) is 5.21 Å². The predicted octanol–water partition coefficient (Wildman–Crippen LogP) is 1.44. The van der Waals surface area contributed by atoms with Gasteiger partial charge in [0.1, 0.15) is 5.82 Å². The molecule has 0 radical (unpaired) electrons. The number of benzene rings is 1. The molecule has 0 saturated heterocycles. The number of amides is 1. The summed E-state index contributed by atoms with van der Waals surface area (Å²) in [7, 11) is 2.04. The quantitative estimate of drug-likeness (QED) is 0.580. The predicted molar refractivity (Wildman–Crippen MR) is 82.7 cm³/mol. The van der Waals surface area contributed by atoms with Crippen LogP contribution in [0.2, 0.25) is 0 Å². The molecule has 1 aromatic carbocycles. The number of carbonyl (C=O) groups excluding carboxylic acids is 1. The molecule has 2 bridgehead atoms. The molecule has 3 N–H and O–H groups in total. The highest BCUT2D eigenvalue weighted by atomic mass is 19.1. The Morgan fingerprint density at radius 1 is 1.39 bits per heavy atom. The minimum Gasteiger partial charge on any atom is -0.314 e. The van der Waals surface area contributed by atoms with Crippen molar-refractivity contribution in [3.05, 3.63) is 34.6 Å². The fraction of sp³-hybridized carbons (Fsp3) is 0.588. The fourth-order valence-corrected chi connectivity index (χ4v) is 4.91. The van der Waals surface area contributed by atoms with Gasteiger partial charge in [-0.05, 0) is 55.8 Å². The number of hydrogen-bond donors (Lipinski definition) is 3. The average molecular weight is 319 g/mol. The Hall–Kier alpha value is -1.50. The summed E-state index contributed by atoms with van der Waals surface area (Å²) < 4.78 is 14.4. The molecule has 3 aliphatic carbocycles. The summed E-state index contributed by atoms with van der Waals surface area (Å²) >= 11 is 0. The highest BCUT2D eigenvalue weighted by molar-refractivity contribution is 5.93. The van der Waals surface area contributed by atoms with E-state index in [9.17, 15) is 9.18 Å². The normalized spacial score (nSPS) is 31.8. The second-order valence-corrected chi connectivity index (χ2v) is 7.56. The molecular formula is C17H22FN3O2. The zero-order valence-corrected chi connectivity index (χ0v) is 13.3. The Morgan fingerprint density at radius 3 is 2.78 bits per heavy atom. The van der Waals surface area contributed by atoms with Crippen LogP contribution in [-0.4, -0.2) is 41.7 Å². The highest BCUT2D eigenvalue weighted by Gasteiger charge is 2.67. The number of halogens is 1. The van der Waals surface area contributed by atoms with Gasteiger partial charge in [0.05, 0.1) is 0 Å². The lowest BCUT2D eigenvalue weighted by Gasteiger charge is -2.71. The number of nitrogens with one attached hydrogen (secondary N) is 2. The summed E-state index contributed by atoms with van der Waals surface area (Å²) in [5.41, 5.74) is 4.14. The largest absolute Gasteiger partial charge is 0.314 e. The molecule has 3 saturated carbocycles. The maximum atomic E-state index is 14.4. The molecular weight excluding hydrogens is 297 g/mol. The summed E-state index contributed by atoms with van der Waals surface area (Å²) in [6, 6.07) is 2.91. The summed E-state index contributed by atoms with van der Waals surface area (Å²) in [5.74, 6) is -1.02. The van der Waals surface area contributed by atoms with Crippen LogP contribution in [0.15, 0.2) is 12.1 Å². The third-order valence-electron chi connectivity index (χ3n) is 5.96. The zero-order valence-electron chi connectivity index (χ0n) is 13.3. The Bertz CT molecular complexity index is 656. The van der Waals surface area contributed by atoms with Crippen molar-refractivity contribution in [3.63, 3.8) is 0 Å². The van der Waals surface area contributed by atoms with Crippen LogP contribution >= 0.6 is 0 Å². The SMILES string of the molecule is CNC12CC(CN3CCc4cc(C(=O)NO)cc(F)c4C3)(C1)C2. The average Bonchev–Trinajstić information content (AvgIpc) is 2.48. The van der Waals surface area contributed by atoms with Crippen LogP contribution in [0.25, 0.3) is 0 Å². The standard InChI is InChI=1S/C17H22FN3O2/c1-19-17-7-16(8-17,9-17)10-21-3-2-11-4-12(15(22)20-23)5-14(18)13(11)6-21/h4-5,19,23H,2-3,6-10H2,1H3,(H,20,22). The van der Waals surface area contributed by atoms with Crippen molar-refractivity contribution in [2.45, 2.75) is 37.8 Å². The molecule has 0 atom stereocenters. The fourth-order valence-electron chi connectivity index (χ4n) is 4.91. The van der Waals surface area contributed by atoms with E-state index in [1.165, 1.54) is 25.3 Å².